The van der Waals surface area contributed by atoms with E-state index < -0.39 is 0 Å². The van der Waals surface area contributed by atoms with Crippen molar-refractivity contribution in [2.24, 2.45) is 5.92 Å². The molecular weight excluding hydrogens is 274 g/mol. The standard InChI is InChI=1S/C18H23N3O/c1-3-14-5-7-16(8-6-14)19-18(22)12-21-11-15-10-13(2)4-9-17(15)20-21/h5-8,11,13H,3-4,9-10,12H2,1-2H3,(H,19,22)/t13-/m0/s1. The number of carbonyl (C=O) groups excluding carboxylic acids is 1. The first-order chi connectivity index (χ1) is 10.6. The summed E-state index contributed by atoms with van der Waals surface area (Å²) in [6, 6.07) is 7.99. The molecule has 116 valence electrons. The van der Waals surface area contributed by atoms with Crippen LogP contribution in [0, 0.1) is 5.92 Å². The minimum absolute atomic E-state index is 0.0304. The zero-order valence-corrected chi connectivity index (χ0v) is 13.3. The number of aryl methyl sites for hydroxylation is 2. The van der Waals surface area contributed by atoms with E-state index in [2.05, 4.69) is 24.3 Å². The second-order valence-electron chi connectivity index (χ2n) is 6.25. The van der Waals surface area contributed by atoms with Crippen LogP contribution in [0.2, 0.25) is 0 Å². The molecule has 0 unspecified atom stereocenters. The first-order valence-electron chi connectivity index (χ1n) is 8.08. The van der Waals surface area contributed by atoms with Crippen LogP contribution in [-0.4, -0.2) is 15.7 Å². The summed E-state index contributed by atoms with van der Waals surface area (Å²) in [5.74, 6) is 0.688. The number of hydrogen-bond donors (Lipinski definition) is 1. The van der Waals surface area contributed by atoms with Gasteiger partial charge in [0.2, 0.25) is 5.91 Å². The van der Waals surface area contributed by atoms with Gasteiger partial charge in [0.15, 0.2) is 0 Å². The molecule has 4 nitrogen and oxygen atoms in total. The Kier molecular flexibility index (Phi) is 4.27. The van der Waals surface area contributed by atoms with E-state index in [1.807, 2.05) is 30.5 Å². The quantitative estimate of drug-likeness (QED) is 0.942. The molecule has 1 heterocycles. The molecule has 1 atom stereocenters. The zero-order chi connectivity index (χ0) is 15.5. The van der Waals surface area contributed by atoms with Crippen molar-refractivity contribution in [3.8, 4) is 0 Å². The summed E-state index contributed by atoms with van der Waals surface area (Å²) in [5.41, 5.74) is 4.58. The van der Waals surface area contributed by atoms with E-state index in [-0.39, 0.29) is 12.5 Å². The normalized spacial score (nSPS) is 17.1. The number of benzene rings is 1. The topological polar surface area (TPSA) is 46.9 Å². The Morgan fingerprint density at radius 2 is 2.14 bits per heavy atom. The number of rotatable bonds is 4. The number of nitrogens with zero attached hydrogens (tertiary/aromatic N) is 2. The summed E-state index contributed by atoms with van der Waals surface area (Å²) in [4.78, 5) is 12.1. The van der Waals surface area contributed by atoms with Gasteiger partial charge in [-0.1, -0.05) is 26.0 Å². The fraction of sp³-hybridized carbons (Fsp3) is 0.444. The van der Waals surface area contributed by atoms with Gasteiger partial charge >= 0.3 is 0 Å². The fourth-order valence-corrected chi connectivity index (χ4v) is 3.00. The van der Waals surface area contributed by atoms with Crippen LogP contribution >= 0.6 is 0 Å². The molecule has 1 aromatic heterocycles. The maximum atomic E-state index is 12.1. The Morgan fingerprint density at radius 1 is 1.36 bits per heavy atom. The Morgan fingerprint density at radius 3 is 2.86 bits per heavy atom. The van der Waals surface area contributed by atoms with Crippen molar-refractivity contribution in [3.63, 3.8) is 0 Å². The van der Waals surface area contributed by atoms with Crippen LogP contribution in [0.25, 0.3) is 0 Å². The van der Waals surface area contributed by atoms with Crippen LogP contribution in [0.3, 0.4) is 0 Å². The Balaban J connectivity index is 1.61. The highest BCUT2D eigenvalue weighted by Gasteiger charge is 2.19. The molecular formula is C18H23N3O. The van der Waals surface area contributed by atoms with Crippen molar-refractivity contribution in [3.05, 3.63) is 47.3 Å². The van der Waals surface area contributed by atoms with Crippen molar-refractivity contribution < 1.29 is 4.79 Å². The maximum Gasteiger partial charge on any atom is 0.246 e. The maximum absolute atomic E-state index is 12.1. The predicted octanol–water partition coefficient (Wildman–Crippen LogP) is 3.21. The SMILES string of the molecule is CCc1ccc(NC(=O)Cn2cc3c(n2)CC[C@H](C)C3)cc1. The van der Waals surface area contributed by atoms with E-state index >= 15 is 0 Å². The Bertz CT molecular complexity index is 657. The van der Waals surface area contributed by atoms with Crippen LogP contribution in [-0.2, 0) is 30.6 Å². The molecule has 0 aliphatic heterocycles. The van der Waals surface area contributed by atoms with Crippen LogP contribution in [0.15, 0.2) is 30.5 Å². The van der Waals surface area contributed by atoms with Crippen LogP contribution in [0.1, 0.15) is 37.1 Å². The average molecular weight is 297 g/mol. The van der Waals surface area contributed by atoms with Gasteiger partial charge < -0.3 is 5.32 Å². The van der Waals surface area contributed by atoms with Gasteiger partial charge in [-0.25, -0.2) is 0 Å². The minimum atomic E-state index is -0.0304. The van der Waals surface area contributed by atoms with Gasteiger partial charge in [-0.05, 0) is 54.9 Å². The van der Waals surface area contributed by atoms with Crippen molar-refractivity contribution in [2.75, 3.05) is 5.32 Å². The number of amides is 1. The Labute approximate surface area is 131 Å². The molecule has 1 aromatic carbocycles. The molecule has 0 radical (unpaired) electrons. The summed E-state index contributed by atoms with van der Waals surface area (Å²) >= 11 is 0. The van der Waals surface area contributed by atoms with E-state index in [0.29, 0.717) is 0 Å². The summed E-state index contributed by atoms with van der Waals surface area (Å²) < 4.78 is 1.78. The number of hydrogen-bond acceptors (Lipinski definition) is 2. The zero-order valence-electron chi connectivity index (χ0n) is 13.3. The number of carbonyl (C=O) groups is 1. The molecule has 3 rings (SSSR count). The van der Waals surface area contributed by atoms with Gasteiger partial charge in [-0.2, -0.15) is 5.10 Å². The lowest BCUT2D eigenvalue weighted by Gasteiger charge is -2.15. The van der Waals surface area contributed by atoms with Gasteiger partial charge in [0.05, 0.1) is 5.69 Å². The smallest absolute Gasteiger partial charge is 0.246 e. The number of fused-ring (bicyclic) bond motifs is 1. The summed E-state index contributed by atoms with van der Waals surface area (Å²) in [6.45, 7) is 4.66. The molecule has 0 saturated heterocycles. The van der Waals surface area contributed by atoms with Crippen LogP contribution in [0.5, 0.6) is 0 Å². The highest BCUT2D eigenvalue weighted by atomic mass is 16.2. The van der Waals surface area contributed by atoms with Crippen molar-refractivity contribution >= 4 is 11.6 Å². The van der Waals surface area contributed by atoms with Crippen molar-refractivity contribution in [1.29, 1.82) is 0 Å². The Hall–Kier alpha value is -2.10. The predicted molar refractivity (Wildman–Crippen MR) is 87.9 cm³/mol. The van der Waals surface area contributed by atoms with Crippen molar-refractivity contribution in [2.45, 2.75) is 46.1 Å². The fourth-order valence-electron chi connectivity index (χ4n) is 3.00. The molecule has 0 fully saturated rings. The second kappa shape index (κ2) is 6.34. The van der Waals surface area contributed by atoms with E-state index in [4.69, 9.17) is 0 Å². The van der Waals surface area contributed by atoms with E-state index in [1.165, 1.54) is 17.5 Å². The largest absolute Gasteiger partial charge is 0.324 e. The number of nitrogens with one attached hydrogen (secondary N) is 1. The summed E-state index contributed by atoms with van der Waals surface area (Å²) in [5, 5.41) is 7.48. The third kappa shape index (κ3) is 3.38. The number of anilines is 1. The summed E-state index contributed by atoms with van der Waals surface area (Å²) in [7, 11) is 0. The third-order valence-corrected chi connectivity index (χ3v) is 4.32. The summed E-state index contributed by atoms with van der Waals surface area (Å²) in [6.07, 6.45) is 6.34. The molecule has 1 N–H and O–H groups in total. The van der Waals surface area contributed by atoms with E-state index in [9.17, 15) is 4.79 Å². The molecule has 1 amide bonds. The van der Waals surface area contributed by atoms with Gasteiger partial charge in [0.25, 0.3) is 0 Å². The monoisotopic (exact) mass is 297 g/mol. The van der Waals surface area contributed by atoms with Crippen molar-refractivity contribution in [1.82, 2.24) is 9.78 Å². The molecule has 22 heavy (non-hydrogen) atoms. The van der Waals surface area contributed by atoms with Gasteiger partial charge in [0.1, 0.15) is 6.54 Å². The van der Waals surface area contributed by atoms with Gasteiger partial charge in [0, 0.05) is 11.9 Å². The average Bonchev–Trinajstić information content (AvgIpc) is 2.89. The molecule has 1 aliphatic rings. The first kappa shape index (κ1) is 14.8. The van der Waals surface area contributed by atoms with E-state index in [1.54, 1.807) is 4.68 Å². The molecule has 0 spiro atoms. The molecule has 0 bridgehead atoms. The van der Waals surface area contributed by atoms with Gasteiger partial charge in [-0.3, -0.25) is 9.48 Å². The first-order valence-corrected chi connectivity index (χ1v) is 8.08. The second-order valence-corrected chi connectivity index (χ2v) is 6.25. The molecule has 4 heteroatoms. The van der Waals surface area contributed by atoms with E-state index in [0.717, 1.165) is 36.6 Å². The lowest BCUT2D eigenvalue weighted by Crippen LogP contribution is -2.19. The molecule has 0 saturated carbocycles. The van der Waals surface area contributed by atoms with Gasteiger partial charge in [-0.15, -0.1) is 0 Å². The van der Waals surface area contributed by atoms with Crippen LogP contribution < -0.4 is 5.32 Å². The highest BCUT2D eigenvalue weighted by molar-refractivity contribution is 5.90. The number of aromatic nitrogens is 2. The lowest BCUT2D eigenvalue weighted by atomic mass is 9.89. The molecule has 2 aromatic rings. The van der Waals surface area contributed by atoms with Crippen LogP contribution in [0.4, 0.5) is 5.69 Å². The minimum Gasteiger partial charge on any atom is -0.324 e. The lowest BCUT2D eigenvalue weighted by molar-refractivity contribution is -0.116. The molecule has 1 aliphatic carbocycles. The highest BCUT2D eigenvalue weighted by Crippen LogP contribution is 2.23. The third-order valence-electron chi connectivity index (χ3n) is 4.32.